The van der Waals surface area contributed by atoms with E-state index in [4.69, 9.17) is 9.05 Å². The molecule has 0 heterocycles. The molecule has 0 aliphatic rings. The Labute approximate surface area is 236 Å². The van der Waals surface area contributed by atoms with Crippen LogP contribution in [-0.2, 0) is 21.7 Å². The molecule has 2 unspecified atom stereocenters. The average molecular weight is 551 g/mol. The molecule has 0 aromatic heterocycles. The third kappa shape index (κ3) is 8.56. The molecule has 2 atom stereocenters. The Morgan fingerprint density at radius 1 is 0.421 bits per heavy atom. The van der Waals surface area contributed by atoms with Crippen molar-refractivity contribution in [2.24, 2.45) is 0 Å². The van der Waals surface area contributed by atoms with Crippen molar-refractivity contribution in [2.75, 3.05) is 0 Å². The van der Waals surface area contributed by atoms with Gasteiger partial charge in [-0.15, -0.1) is 0 Å². The molecule has 0 fully saturated rings. The molecule has 3 rings (SSSR count). The van der Waals surface area contributed by atoms with E-state index in [2.05, 4.69) is 144 Å². The van der Waals surface area contributed by atoms with E-state index in [-0.39, 0.29) is 39.3 Å². The minimum Gasteiger partial charge on any atom is -0.472 e. The highest BCUT2D eigenvalue weighted by atomic mass is 31.1. The second-order valence-corrected chi connectivity index (χ2v) is 16.5. The van der Waals surface area contributed by atoms with Gasteiger partial charge in [-0.05, 0) is 74.2 Å². The molecule has 3 aromatic carbocycles. The molecule has 0 saturated carbocycles. The lowest BCUT2D eigenvalue weighted by molar-refractivity contribution is 0.555. The van der Waals surface area contributed by atoms with Crippen LogP contribution in [0.3, 0.4) is 0 Å². The van der Waals surface area contributed by atoms with Gasteiger partial charge in [-0.1, -0.05) is 113 Å². The van der Waals surface area contributed by atoms with Crippen LogP contribution in [0.5, 0.6) is 11.5 Å². The first-order valence-electron chi connectivity index (χ1n) is 13.6. The zero-order valence-corrected chi connectivity index (χ0v) is 27.6. The van der Waals surface area contributed by atoms with Crippen molar-refractivity contribution < 1.29 is 9.05 Å². The lowest BCUT2D eigenvalue weighted by Crippen LogP contribution is -2.16. The molecule has 0 aliphatic heterocycles. The summed E-state index contributed by atoms with van der Waals surface area (Å²) in [5.74, 6) is 1.89. The Balaban J connectivity index is 1.77. The van der Waals surface area contributed by atoms with E-state index in [9.17, 15) is 0 Å². The third-order valence-electron chi connectivity index (χ3n) is 6.71. The first-order chi connectivity index (χ1) is 17.3. The van der Waals surface area contributed by atoms with E-state index in [0.29, 0.717) is 0 Å². The fraction of sp³-hybridized carbons (Fsp3) is 0.471. The summed E-state index contributed by atoms with van der Waals surface area (Å²) >= 11 is 0. The summed E-state index contributed by atoms with van der Waals surface area (Å²) in [5.41, 5.74) is 5.49. The second-order valence-electron chi connectivity index (χ2n) is 14.5. The van der Waals surface area contributed by atoms with Gasteiger partial charge in [-0.3, -0.25) is 0 Å². The van der Waals surface area contributed by atoms with Crippen molar-refractivity contribution in [1.82, 2.24) is 0 Å². The average Bonchev–Trinajstić information content (AvgIpc) is 2.79. The molecule has 0 N–H and O–H groups in total. The molecule has 0 saturated heterocycles. The van der Waals surface area contributed by atoms with Crippen LogP contribution in [-0.4, -0.2) is 0 Å². The normalized spacial score (nSPS) is 13.6. The maximum Gasteiger partial charge on any atom is 0.123 e. The minimum absolute atomic E-state index is 0.0675. The lowest BCUT2D eigenvalue weighted by Gasteiger charge is -2.26. The number of rotatable bonds is 6. The maximum absolute atomic E-state index is 6.38. The molecular weight excluding hydrogens is 502 g/mol. The smallest absolute Gasteiger partial charge is 0.123 e. The van der Waals surface area contributed by atoms with Gasteiger partial charge in [0.25, 0.3) is 0 Å². The standard InChI is InChI=1S/C34H48O2P2/c1-31(2,3)23-16-24(32(4,5)6)19-27(18-23)35-37-29-14-13-15-30(22-29)38-36-28-20-25(33(7,8)9)17-26(21-28)34(10,11)12/h13-22,37-38H,1-12H3. The molecule has 0 radical (unpaired) electrons. The molecule has 4 heteroatoms. The zero-order valence-electron chi connectivity index (χ0n) is 25.6. The SMILES string of the molecule is CC(C)(C)c1cc(OPc2cccc(POc3cc(C(C)(C)C)cc(C(C)(C)C)c3)c2)cc(C(C)(C)C)c1. The third-order valence-corrected chi connectivity index (χ3v) is 8.48. The topological polar surface area (TPSA) is 18.5 Å². The zero-order chi connectivity index (χ0) is 28.5. The van der Waals surface area contributed by atoms with Crippen molar-refractivity contribution in [2.45, 2.75) is 105 Å². The fourth-order valence-corrected chi connectivity index (χ4v) is 5.54. The van der Waals surface area contributed by atoms with Gasteiger partial charge < -0.3 is 9.05 Å². The maximum atomic E-state index is 6.38. The Morgan fingerprint density at radius 3 is 0.974 bits per heavy atom. The van der Waals surface area contributed by atoms with Crippen LogP contribution in [0.4, 0.5) is 0 Å². The number of hydrogen-bond acceptors (Lipinski definition) is 2. The predicted molar refractivity (Wildman–Crippen MR) is 171 cm³/mol. The van der Waals surface area contributed by atoms with E-state index in [1.807, 2.05) is 0 Å². The molecule has 206 valence electrons. The summed E-state index contributed by atoms with van der Waals surface area (Å²) < 4.78 is 12.8. The highest BCUT2D eigenvalue weighted by Gasteiger charge is 2.22. The quantitative estimate of drug-likeness (QED) is 0.285. The Hall–Kier alpha value is -1.88. The molecule has 38 heavy (non-hydrogen) atoms. The molecule has 3 aromatic rings. The minimum atomic E-state index is 0.0675. The van der Waals surface area contributed by atoms with E-state index < -0.39 is 0 Å². The van der Waals surface area contributed by atoms with Crippen LogP contribution < -0.4 is 19.7 Å². The Kier molecular flexibility index (Phi) is 9.13. The fourth-order valence-electron chi connectivity index (χ4n) is 3.93. The van der Waals surface area contributed by atoms with Gasteiger partial charge in [0.15, 0.2) is 0 Å². The van der Waals surface area contributed by atoms with Crippen molar-refractivity contribution in [3.63, 3.8) is 0 Å². The highest BCUT2D eigenvalue weighted by molar-refractivity contribution is 7.44. The van der Waals surface area contributed by atoms with E-state index in [1.165, 1.54) is 32.9 Å². The van der Waals surface area contributed by atoms with E-state index in [1.54, 1.807) is 0 Å². The molecular formula is C34H48O2P2. The van der Waals surface area contributed by atoms with E-state index in [0.717, 1.165) is 11.5 Å². The van der Waals surface area contributed by atoms with Crippen molar-refractivity contribution in [1.29, 1.82) is 0 Å². The van der Waals surface area contributed by atoms with Gasteiger partial charge in [0.2, 0.25) is 0 Å². The summed E-state index contributed by atoms with van der Waals surface area (Å²) in [6.45, 7) is 27.1. The van der Waals surface area contributed by atoms with Gasteiger partial charge >= 0.3 is 0 Å². The van der Waals surface area contributed by atoms with Gasteiger partial charge in [0.1, 0.15) is 29.1 Å². The second kappa shape index (κ2) is 11.3. The Morgan fingerprint density at radius 2 is 0.711 bits per heavy atom. The van der Waals surface area contributed by atoms with Crippen LogP contribution in [0.1, 0.15) is 105 Å². The molecule has 0 amide bonds. The molecule has 2 nitrogen and oxygen atoms in total. The molecule has 0 aliphatic carbocycles. The number of benzene rings is 3. The largest absolute Gasteiger partial charge is 0.472 e. The molecule has 0 spiro atoms. The first-order valence-corrected chi connectivity index (χ1v) is 15.4. The van der Waals surface area contributed by atoms with Crippen LogP contribution in [0, 0.1) is 0 Å². The molecule has 0 bridgehead atoms. The Bertz CT molecular complexity index is 1090. The number of hydrogen-bond donors (Lipinski definition) is 0. The summed E-state index contributed by atoms with van der Waals surface area (Å²) in [7, 11) is 0.477. The monoisotopic (exact) mass is 550 g/mol. The summed E-state index contributed by atoms with van der Waals surface area (Å²) in [4.78, 5) is 0. The van der Waals surface area contributed by atoms with Crippen molar-refractivity contribution in [3.8, 4) is 11.5 Å². The lowest BCUT2D eigenvalue weighted by atomic mass is 9.80. The van der Waals surface area contributed by atoms with Crippen LogP contribution in [0.25, 0.3) is 0 Å². The summed E-state index contributed by atoms with van der Waals surface area (Å²) in [5, 5.41) is 2.35. The van der Waals surface area contributed by atoms with Crippen LogP contribution in [0.2, 0.25) is 0 Å². The van der Waals surface area contributed by atoms with Crippen molar-refractivity contribution >= 4 is 28.2 Å². The van der Waals surface area contributed by atoms with Gasteiger partial charge in [0.05, 0.1) is 0 Å². The van der Waals surface area contributed by atoms with E-state index >= 15 is 0 Å². The summed E-state index contributed by atoms with van der Waals surface area (Å²) in [6.07, 6.45) is 0. The van der Waals surface area contributed by atoms with Crippen LogP contribution in [0.15, 0.2) is 60.7 Å². The van der Waals surface area contributed by atoms with Gasteiger partial charge in [-0.2, -0.15) is 0 Å². The van der Waals surface area contributed by atoms with Crippen molar-refractivity contribution in [3.05, 3.63) is 82.9 Å². The summed E-state index contributed by atoms with van der Waals surface area (Å²) in [6, 6.07) is 22.1. The highest BCUT2D eigenvalue weighted by Crippen LogP contribution is 2.36. The van der Waals surface area contributed by atoms with Gasteiger partial charge in [-0.25, -0.2) is 0 Å². The van der Waals surface area contributed by atoms with Crippen LogP contribution >= 0.6 is 17.6 Å². The van der Waals surface area contributed by atoms with Gasteiger partial charge in [0, 0.05) is 10.6 Å². The predicted octanol–water partition coefficient (Wildman–Crippen LogP) is 9.47. The first kappa shape index (κ1) is 30.7.